The van der Waals surface area contributed by atoms with Crippen molar-refractivity contribution in [3.05, 3.63) is 0 Å². The first-order valence-corrected chi connectivity index (χ1v) is 11.0. The predicted molar refractivity (Wildman–Crippen MR) is 56.7 cm³/mol. The molecule has 0 amide bonds. The Kier molecular flexibility index (Phi) is 33.6. The third-order valence-corrected chi connectivity index (χ3v) is 6.00. The molecule has 0 fully saturated rings. The Bertz CT molecular complexity index is 458. The molecule has 0 N–H and O–H groups in total. The molecule has 0 saturated carbocycles. The summed E-state index contributed by atoms with van der Waals surface area (Å²) in [6.45, 7) is 0. The van der Waals surface area contributed by atoms with Gasteiger partial charge in [0.05, 0.1) is 0 Å². The van der Waals surface area contributed by atoms with Gasteiger partial charge in [-0.1, -0.05) is 24.7 Å². The van der Waals surface area contributed by atoms with Gasteiger partial charge >= 0.3 is 107 Å². The van der Waals surface area contributed by atoms with Crippen LogP contribution in [0, 0.1) is 0 Å². The number of hydrogen-bond donors (Lipinski definition) is 0. The van der Waals surface area contributed by atoms with Crippen LogP contribution in [0.4, 0.5) is 0 Å². The van der Waals surface area contributed by atoms with E-state index in [-0.39, 0.29) is 65.9 Å². The molecule has 0 aliphatic carbocycles. The molecule has 16 nitrogen and oxygen atoms in total. The molecule has 4 atom stereocenters. The first kappa shape index (κ1) is 42.4. The van der Waals surface area contributed by atoms with E-state index in [9.17, 15) is 56.8 Å². The average molecular weight is 654 g/mol. The van der Waals surface area contributed by atoms with Crippen LogP contribution in [0.5, 0.6) is 0 Å². The van der Waals surface area contributed by atoms with E-state index in [0.717, 1.165) is 0 Å². The Balaban J connectivity index is -0.0000000667. The van der Waals surface area contributed by atoms with Gasteiger partial charge < -0.3 is 29.4 Å². The van der Waals surface area contributed by atoms with Crippen LogP contribution in [0.3, 0.4) is 0 Å². The minimum absolute atomic E-state index is 0. The van der Waals surface area contributed by atoms with Gasteiger partial charge in [-0.25, -0.2) is 0 Å². The number of hydrogen-bond acceptors (Lipinski definition) is 16. The first-order chi connectivity index (χ1) is 9.67. The van der Waals surface area contributed by atoms with E-state index in [4.69, 9.17) is 0 Å². The summed E-state index contributed by atoms with van der Waals surface area (Å²) in [5.41, 5.74) is 0. The SMILES string of the molecule is C.O=[P+]([O-])OP(=O)([O-])O[P+](=O)[O-].O=[P+]([O-])OP(=O)([O-])O[P+](=O)[O-].[Zn+2].[Zn+2].[Zn+2]. The number of phosphoric acid groups is 2. The van der Waals surface area contributed by atoms with Gasteiger partial charge in [0.1, 0.15) is 0 Å². The van der Waals surface area contributed by atoms with Crippen LogP contribution in [0.15, 0.2) is 0 Å². The topological polar surface area (TPSA) is 278 Å². The van der Waals surface area contributed by atoms with Gasteiger partial charge in [-0.3, -0.25) is 9.13 Å². The molecule has 26 heavy (non-hydrogen) atoms. The van der Waals surface area contributed by atoms with E-state index >= 15 is 0 Å². The molecule has 0 heterocycles. The third kappa shape index (κ3) is 33.9. The zero-order chi connectivity index (χ0) is 18.1. The largest absolute Gasteiger partial charge is 2.00 e. The summed E-state index contributed by atoms with van der Waals surface area (Å²) in [5.74, 6) is 0. The molecule has 4 unspecified atom stereocenters. The second-order valence-corrected chi connectivity index (χ2v) is 8.31. The molecule has 0 aliphatic rings. The molecule has 0 spiro atoms. The molecule has 0 aromatic rings. The summed E-state index contributed by atoms with van der Waals surface area (Å²) >= 11 is 0. The van der Waals surface area contributed by atoms with Crippen molar-refractivity contribution in [3.63, 3.8) is 0 Å². The summed E-state index contributed by atoms with van der Waals surface area (Å²) in [5, 5.41) is 0. The standard InChI is InChI=1S/CH4.2HO8P3.3Zn/c;2*1-9(2)7-11(5,6)8-10(3)4;;;/h1H4;2*(H,5,6);;;/q;;;3*+2/p-2. The first-order valence-electron chi connectivity index (χ1n) is 3.65. The van der Waals surface area contributed by atoms with Crippen molar-refractivity contribution in [2.45, 2.75) is 7.43 Å². The van der Waals surface area contributed by atoms with E-state index < -0.39 is 48.7 Å². The van der Waals surface area contributed by atoms with Crippen LogP contribution in [-0.4, -0.2) is 0 Å². The van der Waals surface area contributed by atoms with Gasteiger partial charge in [-0.15, -0.1) is 0 Å². The van der Waals surface area contributed by atoms with Crippen molar-refractivity contribution in [2.24, 2.45) is 0 Å². The molecule has 0 saturated heterocycles. The predicted octanol–water partition coefficient (Wildman–Crippen LogP) is -2.32. The normalized spacial score (nSPS) is 15.9. The van der Waals surface area contributed by atoms with E-state index in [1.807, 2.05) is 0 Å². The van der Waals surface area contributed by atoms with Crippen LogP contribution in [0.25, 0.3) is 0 Å². The molecule has 0 aromatic carbocycles. The van der Waals surface area contributed by atoms with Crippen LogP contribution < -0.4 is 29.4 Å². The Morgan fingerprint density at radius 3 is 0.731 bits per heavy atom. The molecule has 0 aromatic heterocycles. The summed E-state index contributed by atoms with van der Waals surface area (Å²) in [6, 6.07) is 0. The van der Waals surface area contributed by atoms with Gasteiger partial charge in [-0.2, -0.15) is 0 Å². The molecule has 0 aliphatic heterocycles. The van der Waals surface area contributed by atoms with Crippen LogP contribution in [-0.2, 0) is 103 Å². The summed E-state index contributed by atoms with van der Waals surface area (Å²) < 4.78 is 70.8. The second-order valence-electron chi connectivity index (χ2n) is 2.12. The summed E-state index contributed by atoms with van der Waals surface area (Å²) in [6.07, 6.45) is 0. The molecular weight excluding hydrogens is 650 g/mol. The van der Waals surface area contributed by atoms with Crippen molar-refractivity contribution < 1.29 is 132 Å². The maximum atomic E-state index is 10.1. The summed E-state index contributed by atoms with van der Waals surface area (Å²) in [7, 11) is -25.2. The molecule has 0 rings (SSSR count). The van der Waals surface area contributed by atoms with Crippen molar-refractivity contribution in [3.8, 4) is 0 Å². The second kappa shape index (κ2) is 20.6. The quantitative estimate of drug-likeness (QED) is 0.196. The van der Waals surface area contributed by atoms with Crippen molar-refractivity contribution >= 4 is 48.7 Å². The molecule has 0 bridgehead atoms. The Morgan fingerprint density at radius 2 is 0.654 bits per heavy atom. The minimum Gasteiger partial charge on any atom is -0.750 e. The monoisotopic (exact) mass is 650 g/mol. The van der Waals surface area contributed by atoms with Gasteiger partial charge in [0.25, 0.3) is 0 Å². The maximum Gasteiger partial charge on any atom is 2.00 e. The van der Waals surface area contributed by atoms with Gasteiger partial charge in [0, 0.05) is 0 Å². The van der Waals surface area contributed by atoms with Crippen molar-refractivity contribution in [1.29, 1.82) is 0 Å². The minimum atomic E-state index is -5.25. The summed E-state index contributed by atoms with van der Waals surface area (Å²) in [4.78, 5) is 58.4. The van der Waals surface area contributed by atoms with Crippen molar-refractivity contribution in [1.82, 2.24) is 0 Å². The molecule has 136 valence electrons. The zero-order valence-corrected chi connectivity index (χ0v) is 25.6. The van der Waals surface area contributed by atoms with E-state index in [1.165, 1.54) is 0 Å². The fourth-order valence-electron chi connectivity index (χ4n) is 0.356. The van der Waals surface area contributed by atoms with E-state index in [1.54, 1.807) is 0 Å². The van der Waals surface area contributed by atoms with E-state index in [0.29, 0.717) is 0 Å². The average Bonchev–Trinajstić information content (AvgIpc) is 2.06. The zero-order valence-electron chi connectivity index (χ0n) is 11.3. The molecule has 0 radical (unpaired) electrons. The Hall–Kier alpha value is 2.33. The third-order valence-electron chi connectivity index (χ3n) is 0.667. The smallest absolute Gasteiger partial charge is 0.750 e. The Labute approximate surface area is 187 Å². The van der Waals surface area contributed by atoms with E-state index in [2.05, 4.69) is 17.2 Å². The van der Waals surface area contributed by atoms with Crippen LogP contribution in [0.2, 0.25) is 0 Å². The van der Waals surface area contributed by atoms with Crippen LogP contribution in [0.1, 0.15) is 7.43 Å². The maximum absolute atomic E-state index is 10.1. The fourth-order valence-corrected chi connectivity index (χ4v) is 3.74. The molecule has 25 heteroatoms. The number of rotatable bonds is 8. The fraction of sp³-hybridized carbons (Fsp3) is 1.00. The van der Waals surface area contributed by atoms with Gasteiger partial charge in [0.15, 0.2) is 0 Å². The Morgan fingerprint density at radius 1 is 0.538 bits per heavy atom. The molecular formula is CH4O16P6Zn3+4. The van der Waals surface area contributed by atoms with Gasteiger partial charge in [-0.05, 0) is 18.3 Å². The van der Waals surface area contributed by atoms with Crippen molar-refractivity contribution in [2.75, 3.05) is 0 Å². The van der Waals surface area contributed by atoms with Gasteiger partial charge in [0.2, 0.25) is 0 Å². The van der Waals surface area contributed by atoms with Crippen LogP contribution >= 0.6 is 48.7 Å².